The molecule has 3 aromatic heterocycles. The molecule has 0 aliphatic heterocycles. The van der Waals surface area contributed by atoms with Crippen LogP contribution in [0.25, 0.3) is 22.6 Å². The third-order valence-corrected chi connectivity index (χ3v) is 4.16. The number of nitrogens with zero attached hydrogens (tertiary/aromatic N) is 2. The van der Waals surface area contributed by atoms with E-state index in [2.05, 4.69) is 49.0 Å². The monoisotopic (exact) mass is 357 g/mol. The zero-order chi connectivity index (χ0) is 11.8. The van der Waals surface area contributed by atoms with E-state index in [-0.39, 0.29) is 0 Å². The standard InChI is InChI=1S/C11H8IN3OS/c1-16-9-3-2-7-11(14-9)15-10(13-7)6-4-8(12)17-5-6/h2-5H,1H3,(H,13,14,15). The van der Waals surface area contributed by atoms with E-state index < -0.39 is 0 Å². The largest absolute Gasteiger partial charge is 0.481 e. The van der Waals surface area contributed by atoms with Crippen LogP contribution in [0, 0.1) is 2.88 Å². The number of halogens is 1. The summed E-state index contributed by atoms with van der Waals surface area (Å²) in [6.07, 6.45) is 0. The molecule has 17 heavy (non-hydrogen) atoms. The predicted molar refractivity (Wildman–Crippen MR) is 76.5 cm³/mol. The first-order valence-electron chi connectivity index (χ1n) is 4.91. The fourth-order valence-corrected chi connectivity index (χ4v) is 2.89. The molecule has 0 aliphatic carbocycles. The third-order valence-electron chi connectivity index (χ3n) is 2.37. The highest BCUT2D eigenvalue weighted by Gasteiger charge is 2.08. The van der Waals surface area contributed by atoms with Gasteiger partial charge in [-0.2, -0.15) is 4.98 Å². The fourth-order valence-electron chi connectivity index (χ4n) is 1.56. The van der Waals surface area contributed by atoms with Crippen molar-refractivity contribution < 1.29 is 4.74 Å². The zero-order valence-electron chi connectivity index (χ0n) is 8.90. The highest BCUT2D eigenvalue weighted by Crippen LogP contribution is 2.26. The van der Waals surface area contributed by atoms with Crippen LogP contribution in [-0.4, -0.2) is 22.1 Å². The molecule has 0 unspecified atom stereocenters. The number of aromatic nitrogens is 3. The topological polar surface area (TPSA) is 50.8 Å². The lowest BCUT2D eigenvalue weighted by Crippen LogP contribution is -1.86. The molecule has 0 radical (unpaired) electrons. The molecule has 86 valence electrons. The molecule has 1 N–H and O–H groups in total. The Morgan fingerprint density at radius 2 is 2.24 bits per heavy atom. The summed E-state index contributed by atoms with van der Waals surface area (Å²) < 4.78 is 6.32. The Balaban J connectivity index is 2.13. The minimum Gasteiger partial charge on any atom is -0.481 e. The van der Waals surface area contributed by atoms with Gasteiger partial charge in [0.05, 0.1) is 15.5 Å². The van der Waals surface area contributed by atoms with Gasteiger partial charge in [-0.25, -0.2) is 4.98 Å². The minimum atomic E-state index is 0.579. The number of hydrogen-bond acceptors (Lipinski definition) is 4. The van der Waals surface area contributed by atoms with E-state index in [1.54, 1.807) is 18.4 Å². The lowest BCUT2D eigenvalue weighted by Gasteiger charge is -1.95. The Bertz CT molecular complexity index is 676. The molecule has 3 heterocycles. The molecule has 3 aromatic rings. The molecule has 0 bridgehead atoms. The Morgan fingerprint density at radius 1 is 1.35 bits per heavy atom. The Kier molecular flexibility index (Phi) is 2.75. The molecule has 0 atom stereocenters. The van der Waals surface area contributed by atoms with Crippen LogP contribution in [0.2, 0.25) is 0 Å². The number of methoxy groups -OCH3 is 1. The van der Waals surface area contributed by atoms with Crippen molar-refractivity contribution in [3.05, 3.63) is 26.5 Å². The number of thiophene rings is 1. The van der Waals surface area contributed by atoms with Gasteiger partial charge in [0.1, 0.15) is 5.82 Å². The number of nitrogens with one attached hydrogen (secondary N) is 1. The number of imidazole rings is 1. The van der Waals surface area contributed by atoms with Crippen LogP contribution in [-0.2, 0) is 0 Å². The summed E-state index contributed by atoms with van der Waals surface area (Å²) in [5.41, 5.74) is 2.69. The van der Waals surface area contributed by atoms with Gasteiger partial charge in [-0.15, -0.1) is 11.3 Å². The van der Waals surface area contributed by atoms with Crippen molar-refractivity contribution >= 4 is 45.1 Å². The summed E-state index contributed by atoms with van der Waals surface area (Å²) in [6, 6.07) is 5.84. The molecule has 0 fully saturated rings. The Morgan fingerprint density at radius 3 is 2.94 bits per heavy atom. The second-order valence-electron chi connectivity index (χ2n) is 3.45. The number of rotatable bonds is 2. The first-order chi connectivity index (χ1) is 8.26. The Hall–Kier alpha value is -1.15. The van der Waals surface area contributed by atoms with Crippen LogP contribution in [0.1, 0.15) is 0 Å². The van der Waals surface area contributed by atoms with Gasteiger partial charge in [0.25, 0.3) is 0 Å². The summed E-state index contributed by atoms with van der Waals surface area (Å²) in [6.45, 7) is 0. The van der Waals surface area contributed by atoms with Crippen LogP contribution >= 0.6 is 33.9 Å². The average molecular weight is 357 g/mol. The van der Waals surface area contributed by atoms with Gasteiger partial charge in [-0.3, -0.25) is 0 Å². The van der Waals surface area contributed by atoms with E-state index >= 15 is 0 Å². The number of hydrogen-bond donors (Lipinski definition) is 1. The molecule has 0 aliphatic rings. The zero-order valence-corrected chi connectivity index (χ0v) is 11.9. The summed E-state index contributed by atoms with van der Waals surface area (Å²) in [7, 11) is 1.60. The smallest absolute Gasteiger partial charge is 0.215 e. The maximum absolute atomic E-state index is 5.08. The summed E-state index contributed by atoms with van der Waals surface area (Å²) in [5, 5.41) is 2.08. The molecule has 3 rings (SSSR count). The summed E-state index contributed by atoms with van der Waals surface area (Å²) in [4.78, 5) is 12.0. The van der Waals surface area contributed by atoms with Crippen molar-refractivity contribution in [2.45, 2.75) is 0 Å². The molecule has 4 nitrogen and oxygen atoms in total. The SMILES string of the molecule is COc1ccc2[nH]c(-c3csc(I)c3)nc2n1. The predicted octanol–water partition coefficient (Wildman–Crippen LogP) is 3.30. The van der Waals surface area contributed by atoms with Gasteiger partial charge in [0.2, 0.25) is 5.88 Å². The van der Waals surface area contributed by atoms with E-state index in [1.807, 2.05) is 12.1 Å². The van der Waals surface area contributed by atoms with Crippen LogP contribution in [0.5, 0.6) is 5.88 Å². The van der Waals surface area contributed by atoms with E-state index in [1.165, 1.54) is 2.88 Å². The van der Waals surface area contributed by atoms with Crippen LogP contribution in [0.3, 0.4) is 0 Å². The number of aromatic amines is 1. The van der Waals surface area contributed by atoms with Crippen LogP contribution < -0.4 is 4.74 Å². The molecule has 0 saturated carbocycles. The number of pyridine rings is 1. The summed E-state index contributed by atoms with van der Waals surface area (Å²) in [5.74, 6) is 1.43. The van der Waals surface area contributed by atoms with Crippen LogP contribution in [0.15, 0.2) is 23.6 Å². The fraction of sp³-hybridized carbons (Fsp3) is 0.0909. The molecule has 6 heteroatoms. The minimum absolute atomic E-state index is 0.579. The maximum Gasteiger partial charge on any atom is 0.215 e. The number of fused-ring (bicyclic) bond motifs is 1. The van der Waals surface area contributed by atoms with Crippen molar-refractivity contribution in [1.82, 2.24) is 15.0 Å². The average Bonchev–Trinajstić information content (AvgIpc) is 2.93. The lowest BCUT2D eigenvalue weighted by atomic mass is 10.3. The van der Waals surface area contributed by atoms with Gasteiger partial charge < -0.3 is 9.72 Å². The highest BCUT2D eigenvalue weighted by atomic mass is 127. The Labute approximate surface area is 115 Å². The molecule has 0 aromatic carbocycles. The molecule has 0 spiro atoms. The van der Waals surface area contributed by atoms with Gasteiger partial charge in [-0.1, -0.05) is 0 Å². The van der Waals surface area contributed by atoms with Gasteiger partial charge in [0.15, 0.2) is 5.65 Å². The summed E-state index contributed by atoms with van der Waals surface area (Å²) >= 11 is 4.00. The molecular weight excluding hydrogens is 349 g/mol. The van der Waals surface area contributed by atoms with Crippen molar-refractivity contribution in [2.75, 3.05) is 7.11 Å². The quantitative estimate of drug-likeness (QED) is 0.716. The first kappa shape index (κ1) is 11.0. The first-order valence-corrected chi connectivity index (χ1v) is 6.87. The number of H-pyrrole nitrogens is 1. The third kappa shape index (κ3) is 2.02. The van der Waals surface area contributed by atoms with Crippen molar-refractivity contribution in [3.63, 3.8) is 0 Å². The second-order valence-corrected chi connectivity index (χ2v) is 6.26. The van der Waals surface area contributed by atoms with Crippen LogP contribution in [0.4, 0.5) is 0 Å². The maximum atomic E-state index is 5.08. The van der Waals surface area contributed by atoms with Gasteiger partial charge in [-0.05, 0) is 34.7 Å². The van der Waals surface area contributed by atoms with Crippen molar-refractivity contribution in [1.29, 1.82) is 0 Å². The van der Waals surface area contributed by atoms with Gasteiger partial charge >= 0.3 is 0 Å². The molecular formula is C11H8IN3OS. The highest BCUT2D eigenvalue weighted by molar-refractivity contribution is 14.1. The van der Waals surface area contributed by atoms with E-state index in [9.17, 15) is 0 Å². The number of ether oxygens (including phenoxy) is 1. The van der Waals surface area contributed by atoms with Crippen molar-refractivity contribution in [2.24, 2.45) is 0 Å². The normalized spacial score (nSPS) is 10.9. The van der Waals surface area contributed by atoms with E-state index in [0.29, 0.717) is 11.5 Å². The molecule has 0 saturated heterocycles. The van der Waals surface area contributed by atoms with E-state index in [4.69, 9.17) is 4.74 Å². The van der Waals surface area contributed by atoms with E-state index in [0.717, 1.165) is 16.9 Å². The lowest BCUT2D eigenvalue weighted by molar-refractivity contribution is 0.399. The molecule has 0 amide bonds. The van der Waals surface area contributed by atoms with Crippen molar-refractivity contribution in [3.8, 4) is 17.3 Å². The second kappa shape index (κ2) is 4.26. The van der Waals surface area contributed by atoms with Gasteiger partial charge in [0, 0.05) is 17.0 Å².